The molecule has 2 aromatic carbocycles. The maximum absolute atomic E-state index is 12.9. The van der Waals surface area contributed by atoms with Crippen molar-refractivity contribution in [2.75, 3.05) is 18.5 Å². The third-order valence-corrected chi connectivity index (χ3v) is 5.83. The Balaban J connectivity index is 2.20. The Morgan fingerprint density at radius 3 is 2.41 bits per heavy atom. The highest BCUT2D eigenvalue weighted by atomic mass is 32.2. The lowest BCUT2D eigenvalue weighted by atomic mass is 10.00. The Morgan fingerprint density at radius 2 is 1.79 bits per heavy atom. The van der Waals surface area contributed by atoms with E-state index in [4.69, 9.17) is 4.74 Å². The molecule has 0 heterocycles. The lowest BCUT2D eigenvalue weighted by molar-refractivity contribution is -0.147. The first-order chi connectivity index (χ1) is 13.7. The van der Waals surface area contributed by atoms with Crippen LogP contribution >= 0.6 is 0 Å². The van der Waals surface area contributed by atoms with Gasteiger partial charge in [0, 0.05) is 19.2 Å². The minimum Gasteiger partial charge on any atom is -0.466 e. The van der Waals surface area contributed by atoms with Gasteiger partial charge >= 0.3 is 5.97 Å². The highest BCUT2D eigenvalue weighted by molar-refractivity contribution is 7.89. The summed E-state index contributed by atoms with van der Waals surface area (Å²) in [5, 5.41) is 2.57. The van der Waals surface area contributed by atoms with Crippen molar-refractivity contribution in [1.82, 2.24) is 4.72 Å². The number of rotatable bonds is 9. The van der Waals surface area contributed by atoms with E-state index in [9.17, 15) is 18.0 Å². The second-order valence-corrected chi connectivity index (χ2v) is 8.39. The molecule has 0 aliphatic carbocycles. The predicted molar refractivity (Wildman–Crippen MR) is 111 cm³/mol. The van der Waals surface area contributed by atoms with Crippen molar-refractivity contribution in [1.29, 1.82) is 0 Å². The lowest BCUT2D eigenvalue weighted by Crippen LogP contribution is -2.35. The molecule has 7 nitrogen and oxygen atoms in total. The van der Waals surface area contributed by atoms with E-state index in [2.05, 4.69) is 10.0 Å². The molecule has 1 unspecified atom stereocenters. The molecular weight excluding hydrogens is 392 g/mol. The van der Waals surface area contributed by atoms with Crippen molar-refractivity contribution < 1.29 is 22.7 Å². The van der Waals surface area contributed by atoms with Crippen molar-refractivity contribution in [2.24, 2.45) is 5.92 Å². The standard InChI is InChI=1S/C21H26N2O5S/c1-4-28-21(25)18(12-17-8-6-5-7-9-17)14-22-29(26,27)20-13-19(23-16(3)24)11-10-15(20)2/h5-11,13,18,22H,4,12,14H2,1-3H3,(H,23,24). The van der Waals surface area contributed by atoms with Gasteiger partial charge in [0.15, 0.2) is 0 Å². The first kappa shape index (κ1) is 22.6. The average Bonchev–Trinajstić information content (AvgIpc) is 2.67. The third-order valence-electron chi connectivity index (χ3n) is 4.26. The molecule has 8 heteroatoms. The number of anilines is 1. The van der Waals surface area contributed by atoms with E-state index >= 15 is 0 Å². The van der Waals surface area contributed by atoms with E-state index in [1.165, 1.54) is 13.0 Å². The summed E-state index contributed by atoms with van der Waals surface area (Å²) in [6.07, 6.45) is 0.354. The SMILES string of the molecule is CCOC(=O)C(CNS(=O)(=O)c1cc(NC(C)=O)ccc1C)Cc1ccccc1. The van der Waals surface area contributed by atoms with Gasteiger partial charge in [-0.05, 0) is 43.5 Å². The van der Waals surface area contributed by atoms with Gasteiger partial charge in [-0.15, -0.1) is 0 Å². The van der Waals surface area contributed by atoms with Crippen molar-refractivity contribution in [3.05, 3.63) is 59.7 Å². The summed E-state index contributed by atoms with van der Waals surface area (Å²) in [5.74, 6) is -1.41. The van der Waals surface area contributed by atoms with Gasteiger partial charge in [0.25, 0.3) is 0 Å². The summed E-state index contributed by atoms with van der Waals surface area (Å²) < 4.78 is 33.3. The molecule has 0 fully saturated rings. The number of amides is 1. The Kier molecular flexibility index (Phi) is 7.92. The smallest absolute Gasteiger partial charge is 0.310 e. The molecule has 0 saturated heterocycles. The van der Waals surface area contributed by atoms with Crippen LogP contribution < -0.4 is 10.0 Å². The highest BCUT2D eigenvalue weighted by Crippen LogP contribution is 2.21. The summed E-state index contributed by atoms with van der Waals surface area (Å²) in [6, 6.07) is 14.0. The van der Waals surface area contributed by atoms with Gasteiger partial charge in [-0.2, -0.15) is 0 Å². The Bertz CT molecular complexity index is 958. The topological polar surface area (TPSA) is 102 Å². The van der Waals surface area contributed by atoms with Crippen LogP contribution in [0, 0.1) is 12.8 Å². The fourth-order valence-corrected chi connectivity index (χ4v) is 4.21. The summed E-state index contributed by atoms with van der Waals surface area (Å²) in [7, 11) is -3.89. The molecule has 0 aliphatic rings. The number of nitrogens with one attached hydrogen (secondary N) is 2. The molecule has 29 heavy (non-hydrogen) atoms. The molecule has 156 valence electrons. The van der Waals surface area contributed by atoms with Crippen molar-refractivity contribution in [3.63, 3.8) is 0 Å². The summed E-state index contributed by atoms with van der Waals surface area (Å²) in [5.41, 5.74) is 1.82. The van der Waals surface area contributed by atoms with E-state index in [0.29, 0.717) is 17.7 Å². The van der Waals surface area contributed by atoms with Gasteiger partial charge in [-0.3, -0.25) is 9.59 Å². The summed E-state index contributed by atoms with van der Waals surface area (Å²) >= 11 is 0. The molecule has 2 aromatic rings. The zero-order chi connectivity index (χ0) is 21.4. The number of sulfonamides is 1. The average molecular weight is 419 g/mol. The van der Waals surface area contributed by atoms with Crippen molar-refractivity contribution >= 4 is 27.6 Å². The number of hydrogen-bond acceptors (Lipinski definition) is 5. The molecule has 1 amide bonds. The van der Waals surface area contributed by atoms with E-state index < -0.39 is 21.9 Å². The zero-order valence-electron chi connectivity index (χ0n) is 16.8. The van der Waals surface area contributed by atoms with Crippen LogP contribution in [-0.4, -0.2) is 33.4 Å². The van der Waals surface area contributed by atoms with Crippen LogP contribution in [0.3, 0.4) is 0 Å². The Morgan fingerprint density at radius 1 is 1.10 bits per heavy atom. The second kappa shape index (κ2) is 10.2. The van der Waals surface area contributed by atoms with Crippen LogP contribution in [0.5, 0.6) is 0 Å². The van der Waals surface area contributed by atoms with Gasteiger partial charge in [-0.25, -0.2) is 13.1 Å². The normalized spacial score (nSPS) is 12.2. The molecular formula is C21H26N2O5S. The molecule has 0 saturated carbocycles. The third kappa shape index (κ3) is 6.69. The quantitative estimate of drug-likeness (QED) is 0.610. The maximum Gasteiger partial charge on any atom is 0.310 e. The number of benzene rings is 2. The van der Waals surface area contributed by atoms with Crippen molar-refractivity contribution in [3.8, 4) is 0 Å². The number of aryl methyl sites for hydroxylation is 1. The van der Waals surface area contributed by atoms with Crippen LogP contribution in [0.1, 0.15) is 25.0 Å². The van der Waals surface area contributed by atoms with Crippen LogP contribution in [0.15, 0.2) is 53.4 Å². The van der Waals surface area contributed by atoms with Gasteiger partial charge in [0.2, 0.25) is 15.9 Å². The highest BCUT2D eigenvalue weighted by Gasteiger charge is 2.25. The minimum absolute atomic E-state index is 0.0473. The molecule has 0 bridgehead atoms. The Labute approximate surface area is 171 Å². The molecule has 2 N–H and O–H groups in total. The maximum atomic E-state index is 12.9. The first-order valence-corrected chi connectivity index (χ1v) is 10.8. The number of hydrogen-bond donors (Lipinski definition) is 2. The van der Waals surface area contributed by atoms with E-state index in [1.54, 1.807) is 26.0 Å². The first-order valence-electron chi connectivity index (χ1n) is 9.31. The van der Waals surface area contributed by atoms with Gasteiger partial charge < -0.3 is 10.1 Å². The fraction of sp³-hybridized carbons (Fsp3) is 0.333. The molecule has 2 rings (SSSR count). The number of ether oxygens (including phenoxy) is 1. The predicted octanol–water partition coefficient (Wildman–Crippen LogP) is 2.65. The fourth-order valence-electron chi connectivity index (χ4n) is 2.86. The van der Waals surface area contributed by atoms with Gasteiger partial charge in [0.05, 0.1) is 17.4 Å². The number of carbonyl (C=O) groups is 2. The number of carbonyl (C=O) groups excluding carboxylic acids is 2. The molecule has 0 aromatic heterocycles. The lowest BCUT2D eigenvalue weighted by Gasteiger charge is -2.17. The largest absolute Gasteiger partial charge is 0.466 e. The molecule has 0 aliphatic heterocycles. The number of esters is 1. The monoisotopic (exact) mass is 418 g/mol. The Hall–Kier alpha value is -2.71. The van der Waals surface area contributed by atoms with E-state index in [0.717, 1.165) is 5.56 Å². The van der Waals surface area contributed by atoms with Crippen LogP contribution in [0.2, 0.25) is 0 Å². The van der Waals surface area contributed by atoms with E-state index in [-0.39, 0.29) is 24.0 Å². The second-order valence-electron chi connectivity index (χ2n) is 6.65. The summed E-state index contributed by atoms with van der Waals surface area (Å²) in [4.78, 5) is 23.6. The summed E-state index contributed by atoms with van der Waals surface area (Å²) in [6.45, 7) is 4.84. The van der Waals surface area contributed by atoms with Crippen LogP contribution in [0.4, 0.5) is 5.69 Å². The van der Waals surface area contributed by atoms with Gasteiger partial charge in [-0.1, -0.05) is 36.4 Å². The van der Waals surface area contributed by atoms with Crippen molar-refractivity contribution in [2.45, 2.75) is 32.1 Å². The molecule has 0 radical (unpaired) electrons. The van der Waals surface area contributed by atoms with E-state index in [1.807, 2.05) is 30.3 Å². The molecule has 0 spiro atoms. The van der Waals surface area contributed by atoms with Crippen LogP contribution in [-0.2, 0) is 30.8 Å². The van der Waals surface area contributed by atoms with Gasteiger partial charge in [0.1, 0.15) is 0 Å². The van der Waals surface area contributed by atoms with Crippen LogP contribution in [0.25, 0.3) is 0 Å². The minimum atomic E-state index is -3.89. The molecule has 1 atom stereocenters. The zero-order valence-corrected chi connectivity index (χ0v) is 17.6.